The molecule has 0 bridgehead atoms. The minimum absolute atomic E-state index is 0.678. The lowest BCUT2D eigenvalue weighted by Gasteiger charge is -2.11. The van der Waals surface area contributed by atoms with Crippen LogP contribution in [0.1, 0.15) is 0 Å². The summed E-state index contributed by atoms with van der Waals surface area (Å²) in [6.07, 6.45) is 0. The van der Waals surface area contributed by atoms with Gasteiger partial charge in [0.25, 0.3) is 0 Å². The fourth-order valence-electron chi connectivity index (χ4n) is 7.86. The fraction of sp³-hybridized carbons (Fsp3) is 0. The van der Waals surface area contributed by atoms with E-state index in [2.05, 4.69) is 168 Å². The number of aromatic nitrogens is 3. The van der Waals surface area contributed by atoms with E-state index in [9.17, 15) is 0 Å². The van der Waals surface area contributed by atoms with Gasteiger partial charge in [-0.15, -0.1) is 11.3 Å². The first-order valence-corrected chi connectivity index (χ1v) is 17.7. The number of hydrogen-bond acceptors (Lipinski definition) is 3. The maximum atomic E-state index is 5.46. The molecular weight excluding hydrogens is 627 g/mol. The van der Waals surface area contributed by atoms with Gasteiger partial charge in [0.05, 0.1) is 26.9 Å². The van der Waals surface area contributed by atoms with Crippen LogP contribution in [-0.4, -0.2) is 14.5 Å². The van der Waals surface area contributed by atoms with Gasteiger partial charge in [0.2, 0.25) is 5.95 Å². The van der Waals surface area contributed by atoms with Gasteiger partial charge in [-0.3, -0.25) is 4.57 Å². The zero-order valence-electron chi connectivity index (χ0n) is 26.8. The average molecular weight is 654 g/mol. The molecule has 0 aliphatic heterocycles. The largest absolute Gasteiger partial charge is 0.278 e. The molecular formula is C46H27N3S. The first-order valence-electron chi connectivity index (χ1n) is 16.9. The SMILES string of the molecule is c1ccc(-c2nc(-n3c4ccc(-c5cccc6ccccc56)cc4c4c5ccccc5ccc43)nc3c2sc2cc4ccccc4cc23)cc1. The zero-order chi connectivity index (χ0) is 32.8. The van der Waals surface area contributed by atoms with Gasteiger partial charge in [-0.05, 0) is 73.8 Å². The van der Waals surface area contributed by atoms with E-state index in [0.29, 0.717) is 5.95 Å². The summed E-state index contributed by atoms with van der Waals surface area (Å²) in [5.41, 5.74) is 7.63. The molecule has 50 heavy (non-hydrogen) atoms. The summed E-state index contributed by atoms with van der Waals surface area (Å²) >= 11 is 1.78. The first-order chi connectivity index (χ1) is 24.8. The van der Waals surface area contributed by atoms with E-state index >= 15 is 0 Å². The molecule has 0 saturated carbocycles. The van der Waals surface area contributed by atoms with Gasteiger partial charge in [-0.1, -0.05) is 133 Å². The highest BCUT2D eigenvalue weighted by molar-refractivity contribution is 7.26. The van der Waals surface area contributed by atoms with E-state index < -0.39 is 0 Å². The highest BCUT2D eigenvalue weighted by Crippen LogP contribution is 2.43. The predicted molar refractivity (Wildman–Crippen MR) is 213 cm³/mol. The van der Waals surface area contributed by atoms with Gasteiger partial charge >= 0.3 is 0 Å². The summed E-state index contributed by atoms with van der Waals surface area (Å²) in [6, 6.07) is 59.0. The molecule has 0 amide bonds. The minimum atomic E-state index is 0.678. The van der Waals surface area contributed by atoms with E-state index in [1.165, 1.54) is 58.9 Å². The molecule has 4 heteroatoms. The van der Waals surface area contributed by atoms with Gasteiger partial charge in [0.15, 0.2) is 0 Å². The highest BCUT2D eigenvalue weighted by atomic mass is 32.1. The van der Waals surface area contributed by atoms with Crippen LogP contribution in [0.15, 0.2) is 164 Å². The second kappa shape index (κ2) is 10.6. The summed E-state index contributed by atoms with van der Waals surface area (Å²) in [5.74, 6) is 0.678. The third-order valence-electron chi connectivity index (χ3n) is 10.2. The van der Waals surface area contributed by atoms with Crippen LogP contribution in [0, 0.1) is 0 Å². The molecule has 0 spiro atoms. The van der Waals surface area contributed by atoms with Gasteiger partial charge < -0.3 is 0 Å². The Morgan fingerprint density at radius 3 is 1.96 bits per heavy atom. The standard InChI is InChI=1S/C46H27N3S/c1-2-13-30(14-3-1)43-45-44(38-25-31-15-4-5-16-32(31)27-41(38)50-45)48-46(47-43)49-39-23-22-33(35-20-10-17-28-11-6-8-18-34(28)35)26-37(39)42-36-19-9-7-12-29(36)21-24-40(42)49/h1-27H. The van der Waals surface area contributed by atoms with E-state index in [-0.39, 0.29) is 0 Å². The Hall–Kier alpha value is -6.36. The van der Waals surface area contributed by atoms with E-state index in [1.807, 2.05) is 0 Å². The average Bonchev–Trinajstić information content (AvgIpc) is 3.71. The summed E-state index contributed by atoms with van der Waals surface area (Å²) < 4.78 is 4.60. The molecule has 8 aromatic carbocycles. The molecule has 0 saturated heterocycles. The topological polar surface area (TPSA) is 30.7 Å². The van der Waals surface area contributed by atoms with Crippen molar-refractivity contribution in [2.24, 2.45) is 0 Å². The van der Waals surface area contributed by atoms with Crippen molar-refractivity contribution >= 4 is 85.8 Å². The summed E-state index contributed by atoms with van der Waals surface area (Å²) in [4.78, 5) is 10.9. The van der Waals surface area contributed by atoms with Crippen molar-refractivity contribution in [3.8, 4) is 28.3 Å². The molecule has 3 nitrogen and oxygen atoms in total. The summed E-state index contributed by atoms with van der Waals surface area (Å²) in [7, 11) is 0. The maximum absolute atomic E-state index is 5.46. The second-order valence-electron chi connectivity index (χ2n) is 13.0. The lowest BCUT2D eigenvalue weighted by molar-refractivity contribution is 1.02. The van der Waals surface area contributed by atoms with Crippen molar-refractivity contribution in [3.63, 3.8) is 0 Å². The van der Waals surface area contributed by atoms with Crippen molar-refractivity contribution in [1.29, 1.82) is 0 Å². The molecule has 0 fully saturated rings. The quantitative estimate of drug-likeness (QED) is 0.190. The number of rotatable bonds is 3. The Labute approximate surface area is 291 Å². The molecule has 11 aromatic rings. The molecule has 0 aliphatic carbocycles. The molecule has 0 aliphatic rings. The van der Waals surface area contributed by atoms with Crippen LogP contribution in [0.4, 0.5) is 0 Å². The second-order valence-corrected chi connectivity index (χ2v) is 14.0. The third-order valence-corrected chi connectivity index (χ3v) is 11.3. The number of hydrogen-bond donors (Lipinski definition) is 0. The lowest BCUT2D eigenvalue weighted by Crippen LogP contribution is -2.02. The zero-order valence-corrected chi connectivity index (χ0v) is 27.7. The number of nitrogens with zero attached hydrogens (tertiary/aromatic N) is 3. The monoisotopic (exact) mass is 653 g/mol. The van der Waals surface area contributed by atoms with E-state index in [1.54, 1.807) is 11.3 Å². The Morgan fingerprint density at radius 2 is 1.12 bits per heavy atom. The summed E-state index contributed by atoms with van der Waals surface area (Å²) in [5, 5.41) is 10.9. The minimum Gasteiger partial charge on any atom is -0.278 e. The lowest BCUT2D eigenvalue weighted by atomic mass is 9.96. The summed E-state index contributed by atoms with van der Waals surface area (Å²) in [6.45, 7) is 0. The van der Waals surface area contributed by atoms with Crippen molar-refractivity contribution in [2.45, 2.75) is 0 Å². The van der Waals surface area contributed by atoms with Crippen LogP contribution in [0.5, 0.6) is 0 Å². The fourth-order valence-corrected chi connectivity index (χ4v) is 9.04. The molecule has 232 valence electrons. The van der Waals surface area contributed by atoms with Gasteiger partial charge in [0, 0.05) is 26.4 Å². The van der Waals surface area contributed by atoms with Gasteiger partial charge in [0.1, 0.15) is 0 Å². The van der Waals surface area contributed by atoms with Crippen molar-refractivity contribution < 1.29 is 0 Å². The van der Waals surface area contributed by atoms with Crippen LogP contribution >= 0.6 is 11.3 Å². The normalized spacial score (nSPS) is 12.0. The molecule has 0 radical (unpaired) electrons. The van der Waals surface area contributed by atoms with Gasteiger partial charge in [-0.25, -0.2) is 9.97 Å². The predicted octanol–water partition coefficient (Wildman–Crippen LogP) is 12.7. The number of thiophene rings is 1. The highest BCUT2D eigenvalue weighted by Gasteiger charge is 2.22. The Kier molecular flexibility index (Phi) is 5.83. The molecule has 0 atom stereocenters. The Morgan fingerprint density at radius 1 is 0.440 bits per heavy atom. The Bertz CT molecular complexity index is 3150. The van der Waals surface area contributed by atoms with Crippen LogP contribution in [0.25, 0.3) is 103 Å². The number of fused-ring (bicyclic) bond motifs is 10. The van der Waals surface area contributed by atoms with Crippen molar-refractivity contribution in [1.82, 2.24) is 14.5 Å². The maximum Gasteiger partial charge on any atom is 0.235 e. The van der Waals surface area contributed by atoms with Crippen LogP contribution in [0.3, 0.4) is 0 Å². The van der Waals surface area contributed by atoms with E-state index in [0.717, 1.165) is 37.9 Å². The van der Waals surface area contributed by atoms with Gasteiger partial charge in [-0.2, -0.15) is 0 Å². The van der Waals surface area contributed by atoms with Crippen molar-refractivity contribution in [2.75, 3.05) is 0 Å². The molecule has 0 N–H and O–H groups in total. The number of benzene rings is 8. The van der Waals surface area contributed by atoms with Crippen LogP contribution in [0.2, 0.25) is 0 Å². The smallest absolute Gasteiger partial charge is 0.235 e. The van der Waals surface area contributed by atoms with Crippen molar-refractivity contribution in [3.05, 3.63) is 164 Å². The Balaban J connectivity index is 1.26. The van der Waals surface area contributed by atoms with E-state index in [4.69, 9.17) is 9.97 Å². The molecule has 3 heterocycles. The third kappa shape index (κ3) is 4.03. The first kappa shape index (κ1) is 27.6. The van der Waals surface area contributed by atoms with Crippen LogP contribution < -0.4 is 0 Å². The molecule has 0 unspecified atom stereocenters. The molecule has 3 aromatic heterocycles. The molecule has 11 rings (SSSR count). The van der Waals surface area contributed by atoms with Crippen LogP contribution in [-0.2, 0) is 0 Å².